The molecule has 6 nitrogen and oxygen atoms in total. The zero-order chi connectivity index (χ0) is 14.7. The van der Waals surface area contributed by atoms with Gasteiger partial charge in [-0.1, -0.05) is 12.1 Å². The van der Waals surface area contributed by atoms with Crippen molar-refractivity contribution >= 4 is 17.4 Å². The summed E-state index contributed by atoms with van der Waals surface area (Å²) in [5.41, 5.74) is 0.385. The normalized spacial score (nSPS) is 10.0. The van der Waals surface area contributed by atoms with Crippen LogP contribution in [0.5, 0.6) is 0 Å². The summed E-state index contributed by atoms with van der Waals surface area (Å²) in [5, 5.41) is 19.4. The van der Waals surface area contributed by atoms with Crippen molar-refractivity contribution in [1.29, 1.82) is 0 Å². The Morgan fingerprint density at radius 3 is 2.10 bits per heavy atom. The minimum absolute atomic E-state index is 0.0118. The van der Waals surface area contributed by atoms with Crippen LogP contribution < -0.4 is 0 Å². The average molecular weight is 271 g/mol. The smallest absolute Gasteiger partial charge is 0.335 e. The molecule has 0 aromatic heterocycles. The van der Waals surface area contributed by atoms with Crippen molar-refractivity contribution in [2.75, 3.05) is 0 Å². The predicted molar refractivity (Wildman–Crippen MR) is 69.9 cm³/mol. The molecule has 0 heterocycles. The van der Waals surface area contributed by atoms with Gasteiger partial charge < -0.3 is 5.11 Å². The lowest BCUT2D eigenvalue weighted by molar-refractivity contribution is -0.384. The number of nitrogens with zero attached hydrogens (tertiary/aromatic N) is 1. The topological polar surface area (TPSA) is 97.5 Å². The molecule has 0 atom stereocenters. The van der Waals surface area contributed by atoms with E-state index < -0.39 is 10.9 Å². The van der Waals surface area contributed by atoms with Crippen molar-refractivity contribution in [3.63, 3.8) is 0 Å². The number of non-ortho nitro benzene ring substituents is 1. The van der Waals surface area contributed by atoms with E-state index in [4.69, 9.17) is 5.11 Å². The highest BCUT2D eigenvalue weighted by Crippen LogP contribution is 2.16. The molecule has 0 unspecified atom stereocenters. The third kappa shape index (κ3) is 2.69. The molecule has 2 rings (SSSR count). The van der Waals surface area contributed by atoms with Crippen LogP contribution in [0.15, 0.2) is 48.5 Å². The Labute approximate surface area is 113 Å². The van der Waals surface area contributed by atoms with Crippen molar-refractivity contribution in [2.24, 2.45) is 0 Å². The first-order valence-corrected chi connectivity index (χ1v) is 5.61. The van der Waals surface area contributed by atoms with Crippen molar-refractivity contribution in [3.8, 4) is 0 Å². The number of ketones is 1. The SMILES string of the molecule is O=C(O)c1cccc(C(=O)c2ccc([N+](=O)[O-])cc2)c1. The number of hydrogen-bond acceptors (Lipinski definition) is 4. The summed E-state index contributed by atoms with van der Waals surface area (Å²) in [6.45, 7) is 0. The molecule has 0 radical (unpaired) electrons. The van der Waals surface area contributed by atoms with Gasteiger partial charge in [-0.3, -0.25) is 14.9 Å². The van der Waals surface area contributed by atoms with E-state index in [-0.39, 0.29) is 28.2 Å². The van der Waals surface area contributed by atoms with E-state index >= 15 is 0 Å². The summed E-state index contributed by atoms with van der Waals surface area (Å²) < 4.78 is 0. The van der Waals surface area contributed by atoms with Crippen LogP contribution in [0.4, 0.5) is 5.69 Å². The summed E-state index contributed by atoms with van der Waals surface area (Å²) in [4.78, 5) is 33.0. The summed E-state index contributed by atoms with van der Waals surface area (Å²) in [6.07, 6.45) is 0. The number of nitro benzene ring substituents is 1. The van der Waals surface area contributed by atoms with Gasteiger partial charge in [-0.25, -0.2) is 4.79 Å². The molecule has 2 aromatic rings. The van der Waals surface area contributed by atoms with Crippen LogP contribution in [0.2, 0.25) is 0 Å². The monoisotopic (exact) mass is 271 g/mol. The second-order valence-corrected chi connectivity index (χ2v) is 4.02. The Hall–Kier alpha value is -3.02. The van der Waals surface area contributed by atoms with Crippen LogP contribution >= 0.6 is 0 Å². The van der Waals surface area contributed by atoms with Crippen molar-refractivity contribution < 1.29 is 19.6 Å². The third-order valence-electron chi connectivity index (χ3n) is 2.71. The van der Waals surface area contributed by atoms with Crippen LogP contribution in [-0.2, 0) is 0 Å². The highest BCUT2D eigenvalue weighted by molar-refractivity contribution is 6.09. The van der Waals surface area contributed by atoms with E-state index in [1.165, 1.54) is 48.5 Å². The van der Waals surface area contributed by atoms with Crippen LogP contribution in [-0.4, -0.2) is 21.8 Å². The Morgan fingerprint density at radius 2 is 1.55 bits per heavy atom. The van der Waals surface area contributed by atoms with Gasteiger partial charge in [0.1, 0.15) is 0 Å². The standard InChI is InChI=1S/C14H9NO5/c16-13(9-4-6-12(7-5-9)15(19)20)10-2-1-3-11(8-10)14(17)18/h1-8H,(H,17,18). The van der Waals surface area contributed by atoms with E-state index in [2.05, 4.69) is 0 Å². The first-order valence-electron chi connectivity index (χ1n) is 5.61. The molecular formula is C14H9NO5. The number of benzene rings is 2. The van der Waals surface area contributed by atoms with Crippen LogP contribution in [0, 0.1) is 10.1 Å². The minimum atomic E-state index is -1.12. The lowest BCUT2D eigenvalue weighted by Gasteiger charge is -2.02. The fourth-order valence-corrected chi connectivity index (χ4v) is 1.69. The van der Waals surface area contributed by atoms with Crippen LogP contribution in [0.25, 0.3) is 0 Å². The number of nitro groups is 1. The molecule has 0 fully saturated rings. The summed E-state index contributed by atoms with van der Waals surface area (Å²) in [6, 6.07) is 10.8. The first kappa shape index (κ1) is 13.4. The fraction of sp³-hybridized carbons (Fsp3) is 0. The van der Waals surface area contributed by atoms with Gasteiger partial charge in [0.2, 0.25) is 0 Å². The quantitative estimate of drug-likeness (QED) is 0.523. The third-order valence-corrected chi connectivity index (χ3v) is 2.71. The molecule has 100 valence electrons. The van der Waals surface area contributed by atoms with Gasteiger partial charge >= 0.3 is 5.97 Å². The number of hydrogen-bond donors (Lipinski definition) is 1. The Bertz CT molecular complexity index is 691. The lowest BCUT2D eigenvalue weighted by Crippen LogP contribution is -2.04. The highest BCUT2D eigenvalue weighted by atomic mass is 16.6. The second-order valence-electron chi connectivity index (χ2n) is 4.02. The zero-order valence-corrected chi connectivity index (χ0v) is 10.1. The van der Waals surface area contributed by atoms with E-state index in [1.807, 2.05) is 0 Å². The number of carboxylic acids is 1. The largest absolute Gasteiger partial charge is 0.478 e. The summed E-state index contributed by atoms with van der Waals surface area (Å²) >= 11 is 0. The molecule has 2 aromatic carbocycles. The Kier molecular flexibility index (Phi) is 3.56. The maximum atomic E-state index is 12.1. The van der Waals surface area contributed by atoms with E-state index in [9.17, 15) is 19.7 Å². The van der Waals surface area contributed by atoms with Crippen LogP contribution in [0.3, 0.4) is 0 Å². The number of carboxylic acid groups (broad SMARTS) is 1. The van der Waals surface area contributed by atoms with Crippen LogP contribution in [0.1, 0.15) is 26.3 Å². The van der Waals surface area contributed by atoms with Gasteiger partial charge in [-0.05, 0) is 24.3 Å². The zero-order valence-electron chi connectivity index (χ0n) is 10.1. The molecule has 20 heavy (non-hydrogen) atoms. The molecule has 0 bridgehead atoms. The lowest BCUT2D eigenvalue weighted by atomic mass is 10.0. The average Bonchev–Trinajstić information content (AvgIpc) is 2.46. The van der Waals surface area contributed by atoms with Gasteiger partial charge in [0.15, 0.2) is 5.78 Å². The molecular weight excluding hydrogens is 262 g/mol. The molecule has 0 saturated heterocycles. The van der Waals surface area contributed by atoms with E-state index in [1.54, 1.807) is 0 Å². The predicted octanol–water partition coefficient (Wildman–Crippen LogP) is 2.52. The van der Waals surface area contributed by atoms with Gasteiger partial charge in [-0.2, -0.15) is 0 Å². The number of carbonyl (C=O) groups excluding carboxylic acids is 1. The summed E-state index contributed by atoms with van der Waals surface area (Å²) in [7, 11) is 0. The molecule has 1 N–H and O–H groups in total. The molecule has 0 aliphatic carbocycles. The van der Waals surface area contributed by atoms with Gasteiger partial charge in [0, 0.05) is 23.3 Å². The number of aromatic carboxylic acids is 1. The van der Waals surface area contributed by atoms with Gasteiger partial charge in [0.25, 0.3) is 5.69 Å². The van der Waals surface area contributed by atoms with Gasteiger partial charge in [-0.15, -0.1) is 0 Å². The van der Waals surface area contributed by atoms with Crippen molar-refractivity contribution in [2.45, 2.75) is 0 Å². The number of rotatable bonds is 4. The Morgan fingerprint density at radius 1 is 0.950 bits per heavy atom. The minimum Gasteiger partial charge on any atom is -0.478 e. The van der Waals surface area contributed by atoms with E-state index in [0.717, 1.165) is 0 Å². The highest BCUT2D eigenvalue weighted by Gasteiger charge is 2.13. The van der Waals surface area contributed by atoms with Crippen molar-refractivity contribution in [3.05, 3.63) is 75.3 Å². The second kappa shape index (κ2) is 5.31. The molecule has 0 spiro atoms. The maximum Gasteiger partial charge on any atom is 0.335 e. The Balaban J connectivity index is 2.33. The fourth-order valence-electron chi connectivity index (χ4n) is 1.69. The number of carbonyl (C=O) groups is 2. The first-order chi connectivity index (χ1) is 9.49. The summed E-state index contributed by atoms with van der Waals surface area (Å²) in [5.74, 6) is -1.51. The van der Waals surface area contributed by atoms with Gasteiger partial charge in [0.05, 0.1) is 10.5 Å². The molecule has 0 amide bonds. The van der Waals surface area contributed by atoms with E-state index in [0.29, 0.717) is 0 Å². The molecule has 0 aliphatic rings. The molecule has 0 aliphatic heterocycles. The molecule has 6 heteroatoms. The maximum absolute atomic E-state index is 12.1. The molecule has 0 saturated carbocycles. The van der Waals surface area contributed by atoms with Crippen molar-refractivity contribution in [1.82, 2.24) is 0 Å².